The Bertz CT molecular complexity index is 1850. The van der Waals surface area contributed by atoms with E-state index >= 15 is 0 Å². The summed E-state index contributed by atoms with van der Waals surface area (Å²) in [6.45, 7) is 9.67. The predicted molar refractivity (Wildman–Crippen MR) is 176 cm³/mol. The number of ether oxygens (including phenoxy) is 2. The number of anilines is 1. The Balaban J connectivity index is 1.54. The van der Waals surface area contributed by atoms with Crippen LogP contribution in [-0.4, -0.2) is 45.9 Å². The lowest BCUT2D eigenvalue weighted by Gasteiger charge is -2.27. The fraction of sp³-hybridized carbons (Fsp3) is 0.364. The van der Waals surface area contributed by atoms with Gasteiger partial charge in [-0.1, -0.05) is 61.5 Å². The van der Waals surface area contributed by atoms with Crippen LogP contribution in [0.25, 0.3) is 32.7 Å². The number of fused-ring (bicyclic) bond motifs is 4. The number of carbonyl (C=O) groups is 1. The van der Waals surface area contributed by atoms with Crippen LogP contribution in [-0.2, 0) is 30.0 Å². The first kappa shape index (κ1) is 32.4. The Labute approximate surface area is 262 Å². The van der Waals surface area contributed by atoms with Crippen molar-refractivity contribution in [3.63, 3.8) is 0 Å². The molecule has 12 heteroatoms. The Morgan fingerprint density at radius 1 is 0.978 bits per heavy atom. The monoisotopic (exact) mass is 633 g/mol. The molecular weight excluding hydrogens is 593 g/mol. The average Bonchev–Trinajstić information content (AvgIpc) is 3.40. The molecule has 3 atom stereocenters. The van der Waals surface area contributed by atoms with Gasteiger partial charge in [-0.05, 0) is 51.6 Å². The minimum atomic E-state index is -4.18. The topological polar surface area (TPSA) is 140 Å². The SMILES string of the molecule is CCOCc1nc2c(N)nc3ccccc3c2n1[C@H](CC)CO[P@@](=O)(N[C@@H](C)C(=O)OC(C)C)Oc1cccc2ccccc12. The van der Waals surface area contributed by atoms with E-state index in [1.54, 1.807) is 26.8 Å². The molecule has 11 nitrogen and oxygen atoms in total. The average molecular weight is 634 g/mol. The number of benzene rings is 3. The van der Waals surface area contributed by atoms with Crippen LogP contribution in [0.3, 0.4) is 0 Å². The first-order valence-electron chi connectivity index (χ1n) is 15.2. The van der Waals surface area contributed by atoms with Crippen molar-refractivity contribution in [2.24, 2.45) is 0 Å². The number of imidazole rings is 1. The van der Waals surface area contributed by atoms with E-state index in [1.807, 2.05) is 79.1 Å². The lowest BCUT2D eigenvalue weighted by atomic mass is 10.1. The normalized spacial score (nSPS) is 14.5. The molecule has 0 amide bonds. The fourth-order valence-electron chi connectivity index (χ4n) is 5.24. The minimum Gasteiger partial charge on any atom is -0.462 e. The van der Waals surface area contributed by atoms with Crippen LogP contribution in [0.2, 0.25) is 0 Å². The minimum absolute atomic E-state index is 0.0430. The number of nitrogen functional groups attached to an aromatic ring is 1. The second kappa shape index (κ2) is 14.0. The number of para-hydroxylation sites is 1. The van der Waals surface area contributed by atoms with Crippen LogP contribution in [0.4, 0.5) is 5.82 Å². The molecule has 2 aromatic heterocycles. The van der Waals surface area contributed by atoms with Gasteiger partial charge in [-0.15, -0.1) is 0 Å². The van der Waals surface area contributed by atoms with Crippen molar-refractivity contribution < 1.29 is 27.9 Å². The van der Waals surface area contributed by atoms with Crippen LogP contribution in [0.15, 0.2) is 66.7 Å². The van der Waals surface area contributed by atoms with Crippen LogP contribution < -0.4 is 15.3 Å². The van der Waals surface area contributed by atoms with Crippen LogP contribution in [0, 0.1) is 0 Å². The van der Waals surface area contributed by atoms with Crippen molar-refractivity contribution in [3.05, 3.63) is 72.6 Å². The molecule has 0 spiro atoms. The van der Waals surface area contributed by atoms with Gasteiger partial charge >= 0.3 is 13.7 Å². The number of nitrogens with two attached hydrogens (primary N) is 1. The molecule has 238 valence electrons. The van der Waals surface area contributed by atoms with E-state index in [1.165, 1.54) is 0 Å². The molecule has 0 fully saturated rings. The largest absolute Gasteiger partial charge is 0.462 e. The summed E-state index contributed by atoms with van der Waals surface area (Å²) < 4.78 is 40.1. The molecular formula is C33H40N5O6P. The maximum atomic E-state index is 14.6. The van der Waals surface area contributed by atoms with E-state index in [-0.39, 0.29) is 25.4 Å². The quantitative estimate of drug-likeness (QED) is 0.0976. The molecule has 0 aliphatic rings. The van der Waals surface area contributed by atoms with Gasteiger partial charge in [0.15, 0.2) is 5.82 Å². The van der Waals surface area contributed by atoms with Crippen molar-refractivity contribution in [2.45, 2.75) is 65.8 Å². The highest BCUT2D eigenvalue weighted by molar-refractivity contribution is 7.52. The van der Waals surface area contributed by atoms with E-state index in [2.05, 4.69) is 10.1 Å². The zero-order valence-electron chi connectivity index (χ0n) is 26.2. The third kappa shape index (κ3) is 7.12. The highest BCUT2D eigenvalue weighted by atomic mass is 31.2. The van der Waals surface area contributed by atoms with E-state index < -0.39 is 19.8 Å². The highest BCUT2D eigenvalue weighted by Crippen LogP contribution is 2.48. The number of pyridine rings is 1. The Kier molecular flexibility index (Phi) is 10.0. The van der Waals surface area contributed by atoms with Crippen molar-refractivity contribution in [1.82, 2.24) is 19.6 Å². The Morgan fingerprint density at radius 3 is 2.42 bits per heavy atom. The third-order valence-electron chi connectivity index (χ3n) is 7.36. The lowest BCUT2D eigenvalue weighted by molar-refractivity contribution is -0.149. The van der Waals surface area contributed by atoms with Gasteiger partial charge in [0, 0.05) is 17.4 Å². The first-order chi connectivity index (χ1) is 21.6. The number of esters is 1. The number of carbonyl (C=O) groups excluding carboxylic acids is 1. The molecule has 0 aliphatic carbocycles. The molecule has 3 N–H and O–H groups in total. The molecule has 0 radical (unpaired) electrons. The summed E-state index contributed by atoms with van der Waals surface area (Å²) in [7, 11) is -4.18. The fourth-order valence-corrected chi connectivity index (χ4v) is 6.78. The third-order valence-corrected chi connectivity index (χ3v) is 8.99. The molecule has 0 unspecified atom stereocenters. The van der Waals surface area contributed by atoms with Gasteiger partial charge in [0.05, 0.1) is 29.8 Å². The Morgan fingerprint density at radius 2 is 1.69 bits per heavy atom. The molecule has 3 aromatic carbocycles. The summed E-state index contributed by atoms with van der Waals surface area (Å²) in [5, 5.41) is 5.35. The number of nitrogens with one attached hydrogen (secondary N) is 1. The standard InChI is InChI=1S/C33H40N5O6P/c1-6-24(38-29(20-41-7-2)36-30-31(38)26-16-10-11-17-27(26)35-32(30)34)19-42-45(40,37-22(5)33(39)43-21(3)4)44-28-18-12-14-23-13-8-9-15-25(23)28/h8-18,21-22,24H,6-7,19-20H2,1-5H3,(H2,34,35)(H,37,40)/t22-,24+,45-/m0/s1. The summed E-state index contributed by atoms with van der Waals surface area (Å²) in [5.41, 5.74) is 8.46. The van der Waals surface area contributed by atoms with E-state index in [0.29, 0.717) is 35.9 Å². The van der Waals surface area contributed by atoms with Crippen LogP contribution in [0.1, 0.15) is 52.9 Å². The predicted octanol–water partition coefficient (Wildman–Crippen LogP) is 6.94. The number of hydrogen-bond acceptors (Lipinski definition) is 9. The second-order valence-corrected chi connectivity index (χ2v) is 12.7. The van der Waals surface area contributed by atoms with Crippen molar-refractivity contribution >= 4 is 52.2 Å². The van der Waals surface area contributed by atoms with Gasteiger partial charge < -0.3 is 24.3 Å². The molecule has 0 saturated heterocycles. The molecule has 0 saturated carbocycles. The van der Waals surface area contributed by atoms with Gasteiger partial charge in [-0.2, -0.15) is 5.09 Å². The summed E-state index contributed by atoms with van der Waals surface area (Å²) in [4.78, 5) is 22.2. The van der Waals surface area contributed by atoms with Crippen LogP contribution >= 0.6 is 7.75 Å². The molecule has 0 bridgehead atoms. The molecule has 0 aliphatic heterocycles. The first-order valence-corrected chi connectivity index (χ1v) is 16.7. The van der Waals surface area contributed by atoms with Gasteiger partial charge in [-0.25, -0.2) is 14.5 Å². The van der Waals surface area contributed by atoms with Crippen molar-refractivity contribution in [1.29, 1.82) is 0 Å². The summed E-state index contributed by atoms with van der Waals surface area (Å²) >= 11 is 0. The summed E-state index contributed by atoms with van der Waals surface area (Å²) in [6.07, 6.45) is 0.237. The van der Waals surface area contributed by atoms with Crippen molar-refractivity contribution in [3.8, 4) is 5.75 Å². The maximum Gasteiger partial charge on any atom is 0.459 e. The smallest absolute Gasteiger partial charge is 0.459 e. The summed E-state index contributed by atoms with van der Waals surface area (Å²) in [5.74, 6) is 0.728. The lowest BCUT2D eigenvalue weighted by Crippen LogP contribution is -2.36. The van der Waals surface area contributed by atoms with Crippen molar-refractivity contribution in [2.75, 3.05) is 18.9 Å². The number of hydrogen-bond donors (Lipinski definition) is 2. The van der Waals surface area contributed by atoms with Gasteiger partial charge in [0.25, 0.3) is 0 Å². The maximum absolute atomic E-state index is 14.6. The van der Waals surface area contributed by atoms with Crippen LogP contribution in [0.5, 0.6) is 5.75 Å². The second-order valence-electron chi connectivity index (χ2n) is 11.0. The number of nitrogens with zero attached hydrogens (tertiary/aromatic N) is 3. The van der Waals surface area contributed by atoms with E-state index in [9.17, 15) is 9.36 Å². The van der Waals surface area contributed by atoms with E-state index in [4.69, 9.17) is 29.2 Å². The molecule has 5 rings (SSSR count). The number of aromatic nitrogens is 3. The number of rotatable bonds is 14. The molecule has 2 heterocycles. The van der Waals surface area contributed by atoms with Gasteiger partial charge in [0.1, 0.15) is 29.7 Å². The van der Waals surface area contributed by atoms with Gasteiger partial charge in [0.2, 0.25) is 0 Å². The zero-order chi connectivity index (χ0) is 32.1. The van der Waals surface area contributed by atoms with Gasteiger partial charge in [-0.3, -0.25) is 9.32 Å². The molecule has 45 heavy (non-hydrogen) atoms. The Hall–Kier alpha value is -4.02. The molecule has 5 aromatic rings. The highest BCUT2D eigenvalue weighted by Gasteiger charge is 2.35. The zero-order valence-corrected chi connectivity index (χ0v) is 27.1. The van der Waals surface area contributed by atoms with E-state index in [0.717, 1.165) is 27.2 Å². The summed E-state index contributed by atoms with van der Waals surface area (Å²) in [6, 6.07) is 19.4.